The number of nitrogens with zero attached hydrogens (tertiary/aromatic N) is 1. The molecule has 0 aliphatic carbocycles. The van der Waals surface area contributed by atoms with Crippen LogP contribution in [0.5, 0.6) is 23.0 Å². The van der Waals surface area contributed by atoms with Crippen molar-refractivity contribution in [2.24, 2.45) is 0 Å². The maximum atomic E-state index is 11.0. The van der Waals surface area contributed by atoms with Crippen LogP contribution in [0.4, 0.5) is 4.79 Å². The Morgan fingerprint density at radius 2 is 1.76 bits per heavy atom. The molecule has 38 heavy (non-hydrogen) atoms. The van der Waals surface area contributed by atoms with E-state index in [1.807, 2.05) is 24.3 Å². The summed E-state index contributed by atoms with van der Waals surface area (Å²) >= 11 is 0. The Bertz CT molecular complexity index is 1210. The van der Waals surface area contributed by atoms with Crippen molar-refractivity contribution in [3.8, 4) is 34.3 Å². The third-order valence-corrected chi connectivity index (χ3v) is 6.36. The van der Waals surface area contributed by atoms with Gasteiger partial charge in [0.15, 0.2) is 6.39 Å². The average molecular weight is 526 g/mol. The Balaban J connectivity index is 1.40. The normalized spacial score (nSPS) is 14.3. The highest BCUT2D eigenvalue weighted by atomic mass is 16.8. The third-order valence-electron chi connectivity index (χ3n) is 6.36. The molecule has 0 amide bonds. The molecule has 9 heteroatoms. The largest absolute Gasteiger partial charge is 0.508 e. The lowest BCUT2D eigenvalue weighted by Crippen LogP contribution is -2.28. The number of aryl methyl sites for hydroxylation is 1. The van der Waals surface area contributed by atoms with Crippen molar-refractivity contribution in [1.29, 1.82) is 0 Å². The van der Waals surface area contributed by atoms with Crippen molar-refractivity contribution in [3.63, 3.8) is 0 Å². The number of oxazole rings is 1. The average Bonchev–Trinajstić information content (AvgIpc) is 3.45. The molecule has 0 saturated heterocycles. The molecule has 0 radical (unpaired) electrons. The lowest BCUT2D eigenvalue weighted by Gasteiger charge is -2.27. The monoisotopic (exact) mass is 525 g/mol. The first kappa shape index (κ1) is 27.2. The molecule has 1 aromatic heterocycles. The van der Waals surface area contributed by atoms with Gasteiger partial charge in [-0.15, -0.1) is 0 Å². The molecular weight excluding hydrogens is 490 g/mol. The molecule has 204 valence electrons. The van der Waals surface area contributed by atoms with Gasteiger partial charge in [-0.1, -0.05) is 32.8 Å². The summed E-state index contributed by atoms with van der Waals surface area (Å²) < 4.78 is 34.0. The number of hydrogen-bond donors (Lipinski definition) is 1. The van der Waals surface area contributed by atoms with Gasteiger partial charge in [0.2, 0.25) is 6.29 Å². The molecule has 1 aliphatic heterocycles. The van der Waals surface area contributed by atoms with E-state index in [0.717, 1.165) is 70.9 Å². The topological polar surface area (TPSA) is 109 Å². The van der Waals surface area contributed by atoms with Crippen molar-refractivity contribution in [3.05, 3.63) is 53.6 Å². The number of fused-ring (bicyclic) bond motifs is 1. The molecule has 3 aromatic rings. The molecule has 2 aromatic carbocycles. The highest BCUT2D eigenvalue weighted by Gasteiger charge is 2.27. The fourth-order valence-corrected chi connectivity index (χ4v) is 4.72. The van der Waals surface area contributed by atoms with Crippen LogP contribution < -0.4 is 18.9 Å². The predicted molar refractivity (Wildman–Crippen MR) is 140 cm³/mol. The van der Waals surface area contributed by atoms with Gasteiger partial charge in [-0.05, 0) is 43.0 Å². The van der Waals surface area contributed by atoms with E-state index in [1.54, 1.807) is 13.4 Å². The maximum absolute atomic E-state index is 11.0. The van der Waals surface area contributed by atoms with Crippen molar-refractivity contribution >= 4 is 6.16 Å². The van der Waals surface area contributed by atoms with E-state index >= 15 is 0 Å². The minimum absolute atomic E-state index is 0.460. The predicted octanol–water partition coefficient (Wildman–Crippen LogP) is 6.45. The molecule has 0 spiro atoms. The lowest BCUT2D eigenvalue weighted by atomic mass is 9.98. The van der Waals surface area contributed by atoms with Crippen molar-refractivity contribution in [2.45, 2.75) is 65.1 Å². The summed E-state index contributed by atoms with van der Waals surface area (Å²) in [5.74, 6) is 2.96. The Labute approximate surface area is 222 Å². The highest BCUT2D eigenvalue weighted by Crippen LogP contribution is 2.40. The van der Waals surface area contributed by atoms with E-state index in [9.17, 15) is 4.79 Å². The van der Waals surface area contributed by atoms with Gasteiger partial charge in [0, 0.05) is 29.5 Å². The van der Waals surface area contributed by atoms with Crippen LogP contribution in [-0.2, 0) is 24.0 Å². The van der Waals surface area contributed by atoms with Crippen LogP contribution in [0.1, 0.15) is 56.2 Å². The van der Waals surface area contributed by atoms with Crippen molar-refractivity contribution < 1.29 is 38.0 Å². The Hall–Kier alpha value is -3.88. The summed E-state index contributed by atoms with van der Waals surface area (Å²) in [6.45, 7) is 5.14. The van der Waals surface area contributed by atoms with Gasteiger partial charge in [0.1, 0.15) is 35.0 Å². The Kier molecular flexibility index (Phi) is 9.35. The first-order valence-electron chi connectivity index (χ1n) is 13.1. The maximum Gasteiger partial charge on any atom is 0.508 e. The van der Waals surface area contributed by atoms with Crippen LogP contribution in [0.2, 0.25) is 0 Å². The molecule has 0 fully saturated rings. The summed E-state index contributed by atoms with van der Waals surface area (Å²) in [5.41, 5.74) is 4.59. The number of hydrogen-bond acceptors (Lipinski definition) is 8. The van der Waals surface area contributed by atoms with E-state index in [1.165, 1.54) is 6.39 Å². The molecule has 2 heterocycles. The van der Waals surface area contributed by atoms with E-state index < -0.39 is 12.4 Å². The SMILES string of the molecule is CCCc1c(OCCCOc2ccc(-c3cocn3)c(OC)c2CCC)ccc2c1OC(OC(=O)O)CC2. The van der Waals surface area contributed by atoms with Crippen molar-refractivity contribution in [2.75, 3.05) is 20.3 Å². The summed E-state index contributed by atoms with van der Waals surface area (Å²) in [4.78, 5) is 15.2. The number of carboxylic acid groups (broad SMARTS) is 1. The van der Waals surface area contributed by atoms with Crippen LogP contribution in [0.3, 0.4) is 0 Å². The number of aromatic nitrogens is 1. The zero-order valence-corrected chi connectivity index (χ0v) is 22.2. The zero-order valence-electron chi connectivity index (χ0n) is 22.2. The van der Waals surface area contributed by atoms with E-state index in [0.29, 0.717) is 38.2 Å². The van der Waals surface area contributed by atoms with Gasteiger partial charge >= 0.3 is 6.16 Å². The van der Waals surface area contributed by atoms with Crippen LogP contribution in [0.25, 0.3) is 11.3 Å². The second kappa shape index (κ2) is 13.1. The molecular formula is C29H35NO8. The van der Waals surface area contributed by atoms with Gasteiger partial charge in [-0.3, -0.25) is 0 Å². The first-order valence-corrected chi connectivity index (χ1v) is 13.1. The first-order chi connectivity index (χ1) is 18.5. The zero-order chi connectivity index (χ0) is 26.9. The lowest BCUT2D eigenvalue weighted by molar-refractivity contribution is -0.0640. The minimum atomic E-state index is -1.34. The van der Waals surface area contributed by atoms with E-state index in [2.05, 4.69) is 18.8 Å². The molecule has 1 unspecified atom stereocenters. The molecule has 4 rings (SSSR count). The van der Waals surface area contributed by atoms with Gasteiger partial charge in [-0.25, -0.2) is 9.78 Å². The molecule has 0 saturated carbocycles. The molecule has 0 bridgehead atoms. The quantitative estimate of drug-likeness (QED) is 0.199. The summed E-state index contributed by atoms with van der Waals surface area (Å²) in [7, 11) is 1.65. The standard InChI is InChI=1S/C29H35NO8/c1-4-7-21-24(12-9-19-10-14-26(37-27(19)21)38-29(31)32)35-15-6-16-36-25-13-11-20(23-17-34-18-30-23)28(33-3)22(25)8-5-2/h9,11-13,17-18,26H,4-8,10,14-16H2,1-3H3,(H,31,32). The third kappa shape index (κ3) is 6.33. The molecule has 1 atom stereocenters. The van der Waals surface area contributed by atoms with Gasteiger partial charge in [-0.2, -0.15) is 0 Å². The van der Waals surface area contributed by atoms with Crippen molar-refractivity contribution in [1.82, 2.24) is 4.98 Å². The molecule has 9 nitrogen and oxygen atoms in total. The number of methoxy groups -OCH3 is 1. The summed E-state index contributed by atoms with van der Waals surface area (Å²) in [6, 6.07) is 7.84. The van der Waals surface area contributed by atoms with Gasteiger partial charge in [0.25, 0.3) is 0 Å². The number of carbonyl (C=O) groups is 1. The van der Waals surface area contributed by atoms with Crippen LogP contribution in [0, 0.1) is 0 Å². The Morgan fingerprint density at radius 1 is 1.05 bits per heavy atom. The summed E-state index contributed by atoms with van der Waals surface area (Å²) in [5, 5.41) is 8.97. The van der Waals surface area contributed by atoms with Crippen LogP contribution in [-0.4, -0.2) is 42.9 Å². The fourth-order valence-electron chi connectivity index (χ4n) is 4.72. The smallest absolute Gasteiger partial charge is 0.496 e. The fraction of sp³-hybridized carbons (Fsp3) is 0.448. The second-order valence-corrected chi connectivity index (χ2v) is 9.05. The van der Waals surface area contributed by atoms with Crippen LogP contribution >= 0.6 is 0 Å². The summed E-state index contributed by atoms with van der Waals surface area (Å²) in [6.07, 6.45) is 6.13. The van der Waals surface area contributed by atoms with E-state index in [-0.39, 0.29) is 0 Å². The minimum Gasteiger partial charge on any atom is -0.496 e. The number of benzene rings is 2. The Morgan fingerprint density at radius 3 is 2.42 bits per heavy atom. The molecule has 1 aliphatic rings. The van der Waals surface area contributed by atoms with Gasteiger partial charge < -0.3 is 33.2 Å². The van der Waals surface area contributed by atoms with Crippen LogP contribution in [0.15, 0.2) is 41.3 Å². The number of rotatable bonds is 13. The van der Waals surface area contributed by atoms with Gasteiger partial charge in [0.05, 0.1) is 20.3 Å². The number of ether oxygens (including phenoxy) is 5. The highest BCUT2D eigenvalue weighted by molar-refractivity contribution is 5.71. The second-order valence-electron chi connectivity index (χ2n) is 9.05. The molecule has 1 N–H and O–H groups in total. The van der Waals surface area contributed by atoms with E-state index in [4.69, 9.17) is 33.2 Å².